The zero-order valence-electron chi connectivity index (χ0n) is 15.7. The van der Waals surface area contributed by atoms with Crippen molar-refractivity contribution >= 4 is 18.4 Å². The summed E-state index contributed by atoms with van der Waals surface area (Å²) in [5.74, 6) is 0.210. The molecule has 4 heteroatoms. The molecule has 140 valence electrons. The van der Waals surface area contributed by atoms with Gasteiger partial charge in [-0.1, -0.05) is 50.3 Å². The molecule has 0 aliphatic heterocycles. The van der Waals surface area contributed by atoms with Gasteiger partial charge in [0.05, 0.1) is 5.92 Å². The number of nitrogens with zero attached hydrogens (tertiary/aromatic N) is 1. The van der Waals surface area contributed by atoms with E-state index in [4.69, 9.17) is 4.74 Å². The highest BCUT2D eigenvalue weighted by Crippen LogP contribution is 2.18. The number of hydrogen-bond acceptors (Lipinski definition) is 3. The fourth-order valence-electron chi connectivity index (χ4n) is 2.57. The van der Waals surface area contributed by atoms with Gasteiger partial charge in [0.2, 0.25) is 0 Å². The third-order valence-electron chi connectivity index (χ3n) is 3.90. The van der Waals surface area contributed by atoms with E-state index in [0.29, 0.717) is 19.1 Å². The molecule has 1 atom stereocenters. The van der Waals surface area contributed by atoms with E-state index in [1.54, 1.807) is 0 Å². The number of carbonyl (C=O) groups is 1. The van der Waals surface area contributed by atoms with Crippen LogP contribution in [0.2, 0.25) is 0 Å². The Morgan fingerprint density at radius 1 is 1.12 bits per heavy atom. The number of esters is 1. The molecule has 0 aliphatic rings. The van der Waals surface area contributed by atoms with Crippen LogP contribution in [0, 0.1) is 5.92 Å². The van der Waals surface area contributed by atoms with Crippen molar-refractivity contribution in [3.63, 3.8) is 0 Å². The first-order chi connectivity index (χ1) is 11.5. The summed E-state index contributed by atoms with van der Waals surface area (Å²) in [5, 5.41) is 0. The Kier molecular flexibility index (Phi) is 11.9. The minimum Gasteiger partial charge on any atom is -0.464 e. The second-order valence-corrected chi connectivity index (χ2v) is 6.57. The van der Waals surface area contributed by atoms with Gasteiger partial charge in [0.15, 0.2) is 0 Å². The van der Waals surface area contributed by atoms with Gasteiger partial charge in [0.25, 0.3) is 0 Å². The lowest BCUT2D eigenvalue weighted by atomic mass is 9.97. The lowest BCUT2D eigenvalue weighted by Gasteiger charge is -2.19. The van der Waals surface area contributed by atoms with E-state index in [9.17, 15) is 4.79 Å². The number of carbonyl (C=O) groups excluding carboxylic acids is 1. The predicted molar refractivity (Wildman–Crippen MR) is 108 cm³/mol. The molecule has 0 radical (unpaired) electrons. The minimum absolute atomic E-state index is 0. The van der Waals surface area contributed by atoms with Crippen LogP contribution in [-0.4, -0.2) is 37.1 Å². The van der Waals surface area contributed by atoms with E-state index in [1.165, 1.54) is 5.56 Å². The minimum atomic E-state index is -0.245. The van der Waals surface area contributed by atoms with Gasteiger partial charge in [0, 0.05) is 19.6 Å². The van der Waals surface area contributed by atoms with Crippen molar-refractivity contribution in [3.8, 4) is 0 Å². The molecule has 0 fully saturated rings. The average molecular weight is 366 g/mol. The van der Waals surface area contributed by atoms with Crippen LogP contribution in [0.4, 0.5) is 0 Å². The van der Waals surface area contributed by atoms with Crippen molar-refractivity contribution < 1.29 is 9.53 Å². The maximum atomic E-state index is 12.2. The third kappa shape index (κ3) is 8.89. The SMILES string of the molecule is C=CCN(CC=C)CCOC(=O)C(C)c1ccc(CC(C)C)cc1.Cl. The fourth-order valence-corrected chi connectivity index (χ4v) is 2.57. The topological polar surface area (TPSA) is 29.5 Å². The molecule has 0 saturated heterocycles. The molecule has 0 spiro atoms. The first-order valence-corrected chi connectivity index (χ1v) is 8.67. The molecular formula is C21H32ClNO2. The van der Waals surface area contributed by atoms with Crippen LogP contribution >= 0.6 is 12.4 Å². The summed E-state index contributed by atoms with van der Waals surface area (Å²) in [6, 6.07) is 8.28. The van der Waals surface area contributed by atoms with Crippen molar-refractivity contribution in [2.24, 2.45) is 5.92 Å². The van der Waals surface area contributed by atoms with Crippen LogP contribution < -0.4 is 0 Å². The standard InChI is InChI=1S/C21H31NO2.ClH/c1-6-12-22(13-7-2)14-15-24-21(23)18(5)20-10-8-19(9-11-20)16-17(3)4;/h6-11,17-18H,1-2,12-16H2,3-5H3;1H. The molecule has 25 heavy (non-hydrogen) atoms. The second kappa shape index (κ2) is 12.7. The highest BCUT2D eigenvalue weighted by Gasteiger charge is 2.17. The summed E-state index contributed by atoms with van der Waals surface area (Å²) < 4.78 is 5.43. The lowest BCUT2D eigenvalue weighted by molar-refractivity contribution is -0.145. The van der Waals surface area contributed by atoms with Crippen molar-refractivity contribution in [1.82, 2.24) is 4.90 Å². The van der Waals surface area contributed by atoms with Crippen LogP contribution in [0.5, 0.6) is 0 Å². The molecule has 0 aliphatic carbocycles. The summed E-state index contributed by atoms with van der Waals surface area (Å²) in [7, 11) is 0. The van der Waals surface area contributed by atoms with Gasteiger partial charge in [-0.25, -0.2) is 0 Å². The first kappa shape index (κ1) is 23.4. The summed E-state index contributed by atoms with van der Waals surface area (Å²) >= 11 is 0. The highest BCUT2D eigenvalue weighted by molar-refractivity contribution is 5.85. The van der Waals surface area contributed by atoms with Gasteiger partial charge in [-0.05, 0) is 30.4 Å². The monoisotopic (exact) mass is 365 g/mol. The Hall–Kier alpha value is -1.58. The van der Waals surface area contributed by atoms with Crippen LogP contribution in [0.25, 0.3) is 0 Å². The Morgan fingerprint density at radius 3 is 2.16 bits per heavy atom. The van der Waals surface area contributed by atoms with E-state index >= 15 is 0 Å². The van der Waals surface area contributed by atoms with Gasteiger partial charge >= 0.3 is 5.97 Å². The second-order valence-electron chi connectivity index (χ2n) is 6.57. The van der Waals surface area contributed by atoms with E-state index in [-0.39, 0.29) is 24.3 Å². The molecule has 3 nitrogen and oxygen atoms in total. The first-order valence-electron chi connectivity index (χ1n) is 8.67. The van der Waals surface area contributed by atoms with Crippen molar-refractivity contribution in [1.29, 1.82) is 0 Å². The smallest absolute Gasteiger partial charge is 0.313 e. The molecule has 1 aromatic rings. The third-order valence-corrected chi connectivity index (χ3v) is 3.90. The van der Waals surface area contributed by atoms with Gasteiger partial charge in [-0.2, -0.15) is 0 Å². The summed E-state index contributed by atoms with van der Waals surface area (Å²) in [4.78, 5) is 14.3. The average Bonchev–Trinajstić information content (AvgIpc) is 2.54. The molecule has 1 rings (SSSR count). The summed E-state index contributed by atoms with van der Waals surface area (Å²) in [6.45, 7) is 16.4. The zero-order chi connectivity index (χ0) is 17.9. The number of rotatable bonds is 11. The quantitative estimate of drug-likeness (QED) is 0.423. The van der Waals surface area contributed by atoms with Crippen molar-refractivity contribution in [2.75, 3.05) is 26.2 Å². The Bertz CT molecular complexity index is 515. The van der Waals surface area contributed by atoms with Gasteiger partial charge in [-0.3, -0.25) is 9.69 Å². The van der Waals surface area contributed by atoms with Crippen LogP contribution in [0.3, 0.4) is 0 Å². The fraction of sp³-hybridized carbons (Fsp3) is 0.476. The molecule has 0 saturated carbocycles. The highest BCUT2D eigenvalue weighted by atomic mass is 35.5. The summed E-state index contributed by atoms with van der Waals surface area (Å²) in [5.41, 5.74) is 2.31. The lowest BCUT2D eigenvalue weighted by Crippen LogP contribution is -2.29. The van der Waals surface area contributed by atoms with E-state index < -0.39 is 0 Å². The molecule has 0 amide bonds. The predicted octanol–water partition coefficient (Wildman–Crippen LogP) is 4.63. The maximum absolute atomic E-state index is 12.2. The molecular weight excluding hydrogens is 334 g/mol. The Balaban J connectivity index is 0.00000576. The number of hydrogen-bond donors (Lipinski definition) is 0. The molecule has 0 aromatic heterocycles. The molecule has 1 aromatic carbocycles. The number of ether oxygens (including phenoxy) is 1. The van der Waals surface area contributed by atoms with E-state index in [1.807, 2.05) is 31.2 Å². The number of halogens is 1. The van der Waals surface area contributed by atoms with Gasteiger partial charge < -0.3 is 4.74 Å². The normalized spacial score (nSPS) is 11.7. The number of benzene rings is 1. The summed E-state index contributed by atoms with van der Waals surface area (Å²) in [6.07, 6.45) is 4.74. The van der Waals surface area contributed by atoms with Crippen molar-refractivity contribution in [2.45, 2.75) is 33.1 Å². The van der Waals surface area contributed by atoms with Crippen LogP contribution in [-0.2, 0) is 16.0 Å². The van der Waals surface area contributed by atoms with Crippen LogP contribution in [0.15, 0.2) is 49.6 Å². The maximum Gasteiger partial charge on any atom is 0.313 e. The van der Waals surface area contributed by atoms with Gasteiger partial charge in [0.1, 0.15) is 6.61 Å². The molecule has 0 N–H and O–H groups in total. The van der Waals surface area contributed by atoms with E-state index in [2.05, 4.69) is 44.0 Å². The molecule has 0 heterocycles. The Labute approximate surface area is 159 Å². The zero-order valence-corrected chi connectivity index (χ0v) is 16.6. The van der Waals surface area contributed by atoms with Crippen LogP contribution in [0.1, 0.15) is 37.8 Å². The Morgan fingerprint density at radius 2 is 1.68 bits per heavy atom. The van der Waals surface area contributed by atoms with Gasteiger partial charge in [-0.15, -0.1) is 25.6 Å². The largest absolute Gasteiger partial charge is 0.464 e. The molecule has 1 unspecified atom stereocenters. The van der Waals surface area contributed by atoms with E-state index in [0.717, 1.165) is 25.1 Å². The molecule has 0 bridgehead atoms. The van der Waals surface area contributed by atoms with Crippen molar-refractivity contribution in [3.05, 3.63) is 60.7 Å².